The Hall–Kier alpha value is -5.51. The number of nitrogens with zero attached hydrogens (tertiary/aromatic N) is 1. The fourth-order valence-electron chi connectivity index (χ4n) is 9.37. The number of esters is 4. The van der Waals surface area contributed by atoms with Crippen LogP contribution < -0.4 is 14.9 Å². The van der Waals surface area contributed by atoms with E-state index in [1.165, 1.54) is 25.7 Å². The average Bonchev–Trinajstić information content (AvgIpc) is 3.28. The lowest BCUT2D eigenvalue weighted by molar-refractivity contribution is -0.152. The predicted molar refractivity (Wildman–Crippen MR) is 238 cm³/mol. The Morgan fingerprint density at radius 2 is 1.21 bits per heavy atom. The lowest BCUT2D eigenvalue weighted by Crippen LogP contribution is -2.30. The van der Waals surface area contributed by atoms with Crippen LogP contribution in [0.4, 0.5) is 5.69 Å². The largest absolute Gasteiger partial charge is 0.465 e. The number of unbranched alkanes of at least 4 members (excludes halogenated alkanes) is 1. The average molecular weight is 829 g/mol. The van der Waals surface area contributed by atoms with Crippen LogP contribution in [0.25, 0.3) is 21.5 Å². The summed E-state index contributed by atoms with van der Waals surface area (Å²) in [6.07, 6.45) is 13.8. The van der Waals surface area contributed by atoms with E-state index in [1.807, 2.05) is 60.7 Å². The molecule has 0 radical (unpaired) electrons. The van der Waals surface area contributed by atoms with Crippen molar-refractivity contribution in [3.8, 4) is 11.5 Å². The lowest BCUT2D eigenvalue weighted by Gasteiger charge is -2.36. The molecule has 7 rings (SSSR count). The van der Waals surface area contributed by atoms with Gasteiger partial charge in [0.05, 0.1) is 42.9 Å². The number of anilines is 1. The topological polar surface area (TPSA) is 130 Å². The van der Waals surface area contributed by atoms with Crippen molar-refractivity contribution in [1.29, 1.82) is 0 Å². The van der Waals surface area contributed by atoms with E-state index in [1.54, 1.807) is 19.2 Å². The number of nitrogens with one attached hydrogen (secondary N) is 1. The Morgan fingerprint density at radius 3 is 1.89 bits per heavy atom. The van der Waals surface area contributed by atoms with E-state index in [2.05, 4.69) is 30.1 Å². The van der Waals surface area contributed by atoms with Gasteiger partial charge >= 0.3 is 23.9 Å². The molecule has 0 aliphatic heterocycles. The zero-order valence-corrected chi connectivity index (χ0v) is 35.7. The van der Waals surface area contributed by atoms with Gasteiger partial charge in [-0.05, 0) is 131 Å². The van der Waals surface area contributed by atoms with Crippen LogP contribution in [0.2, 0.25) is 0 Å². The van der Waals surface area contributed by atoms with Gasteiger partial charge in [-0.25, -0.2) is 4.79 Å². The molecule has 0 heterocycles. The highest BCUT2D eigenvalue weighted by Crippen LogP contribution is 2.43. The molecule has 61 heavy (non-hydrogen) atoms. The van der Waals surface area contributed by atoms with Crippen LogP contribution in [0.5, 0.6) is 11.5 Å². The van der Waals surface area contributed by atoms with Crippen LogP contribution in [0.1, 0.15) is 109 Å². The van der Waals surface area contributed by atoms with Crippen molar-refractivity contribution in [1.82, 2.24) is 0 Å². The Bertz CT molecular complexity index is 2220. The first-order chi connectivity index (χ1) is 29.6. The van der Waals surface area contributed by atoms with Crippen molar-refractivity contribution < 1.29 is 38.1 Å². The van der Waals surface area contributed by atoms with Crippen molar-refractivity contribution in [2.45, 2.75) is 104 Å². The van der Waals surface area contributed by atoms with Crippen LogP contribution in [-0.2, 0) is 28.7 Å². The molecule has 3 aliphatic rings. The molecule has 3 fully saturated rings. The molecule has 0 aromatic heterocycles. The Kier molecular flexibility index (Phi) is 14.9. The van der Waals surface area contributed by atoms with E-state index in [9.17, 15) is 19.2 Å². The van der Waals surface area contributed by atoms with Crippen LogP contribution in [0.3, 0.4) is 0 Å². The normalized spacial score (nSPS) is 23.0. The lowest BCUT2D eigenvalue weighted by atomic mass is 9.69. The summed E-state index contributed by atoms with van der Waals surface area (Å²) in [6.45, 7) is 8.01. The molecule has 0 atom stereocenters. The molecule has 0 saturated heterocycles. The van der Waals surface area contributed by atoms with Gasteiger partial charge in [0.1, 0.15) is 11.5 Å². The number of rotatable bonds is 15. The number of hydrogen-bond acceptors (Lipinski definition) is 10. The molecule has 10 nitrogen and oxygen atoms in total. The number of hydrazone groups is 1. The quantitative estimate of drug-likeness (QED) is 0.0311. The summed E-state index contributed by atoms with van der Waals surface area (Å²) in [6, 6.07) is 23.4. The summed E-state index contributed by atoms with van der Waals surface area (Å²) in [7, 11) is 0. The Labute approximate surface area is 359 Å². The highest BCUT2D eigenvalue weighted by molar-refractivity contribution is 6.03. The van der Waals surface area contributed by atoms with Crippen LogP contribution in [0.15, 0.2) is 90.0 Å². The molecule has 0 bridgehead atoms. The van der Waals surface area contributed by atoms with E-state index in [-0.39, 0.29) is 43.0 Å². The molecule has 10 heteroatoms. The third kappa shape index (κ3) is 11.5. The number of carbonyl (C=O) groups excluding carboxylic acids is 4. The third-order valence-corrected chi connectivity index (χ3v) is 13.1. The Morgan fingerprint density at radius 1 is 0.656 bits per heavy atom. The number of benzene rings is 4. The molecule has 1 N–H and O–H groups in total. The van der Waals surface area contributed by atoms with E-state index in [4.69, 9.17) is 18.9 Å². The highest BCUT2D eigenvalue weighted by Gasteiger charge is 2.35. The minimum Gasteiger partial charge on any atom is -0.465 e. The molecule has 3 saturated carbocycles. The maximum Gasteiger partial charge on any atom is 0.333 e. The fraction of sp³-hybridized carbons (Fsp3) is 0.471. The summed E-state index contributed by atoms with van der Waals surface area (Å²) >= 11 is 0. The molecular weight excluding hydrogens is 769 g/mol. The second kappa shape index (κ2) is 20.8. The van der Waals surface area contributed by atoms with E-state index in [0.717, 1.165) is 54.0 Å². The molecule has 4 aromatic rings. The highest BCUT2D eigenvalue weighted by atomic mass is 16.5. The first-order valence-corrected chi connectivity index (χ1v) is 22.4. The van der Waals surface area contributed by atoms with Gasteiger partial charge < -0.3 is 18.9 Å². The van der Waals surface area contributed by atoms with Crippen LogP contribution >= 0.6 is 0 Å². The van der Waals surface area contributed by atoms with Crippen molar-refractivity contribution in [2.75, 3.05) is 18.6 Å². The molecule has 0 amide bonds. The monoisotopic (exact) mass is 828 g/mol. The fourth-order valence-corrected chi connectivity index (χ4v) is 9.37. The summed E-state index contributed by atoms with van der Waals surface area (Å²) in [5.41, 5.74) is 4.75. The van der Waals surface area contributed by atoms with Crippen LogP contribution in [-0.4, -0.2) is 43.3 Å². The van der Waals surface area contributed by atoms with Gasteiger partial charge in [-0.1, -0.05) is 80.9 Å². The van der Waals surface area contributed by atoms with E-state index >= 15 is 0 Å². The van der Waals surface area contributed by atoms with E-state index < -0.39 is 11.9 Å². The minimum atomic E-state index is -0.428. The van der Waals surface area contributed by atoms with Gasteiger partial charge in [-0.3, -0.25) is 19.8 Å². The molecular formula is C51H60N2O8. The Balaban J connectivity index is 1.03. The number of fused-ring (bicyclic) bond motifs is 2. The second-order valence-corrected chi connectivity index (χ2v) is 17.6. The van der Waals surface area contributed by atoms with Crippen LogP contribution in [0, 0.1) is 35.5 Å². The number of carbonyl (C=O) groups is 4. The maximum absolute atomic E-state index is 13.9. The van der Waals surface area contributed by atoms with Gasteiger partial charge in [0.25, 0.3) is 0 Å². The SMILES string of the molecule is C=C(C)C(=O)OCCCCOC(=O)C1CCC(C(=O)Oc2c(/C=N/Nc3ccc4ccccc4c3)cc(OC(=O)C3CCC(C4CCC(C)CC4)CC3)c3ccccc23)CC1. The van der Waals surface area contributed by atoms with Crippen molar-refractivity contribution in [2.24, 2.45) is 40.6 Å². The summed E-state index contributed by atoms with van der Waals surface area (Å²) in [5.74, 6) is 0.868. The molecule has 0 unspecified atom stereocenters. The van der Waals surface area contributed by atoms with Gasteiger partial charge in [-0.2, -0.15) is 5.10 Å². The maximum atomic E-state index is 13.9. The third-order valence-electron chi connectivity index (χ3n) is 13.1. The second-order valence-electron chi connectivity index (χ2n) is 17.6. The first kappa shape index (κ1) is 43.6. The van der Waals surface area contributed by atoms with E-state index in [0.29, 0.717) is 77.9 Å². The predicted octanol–water partition coefficient (Wildman–Crippen LogP) is 11.1. The van der Waals surface area contributed by atoms with Gasteiger partial charge in [0, 0.05) is 21.9 Å². The molecule has 4 aromatic carbocycles. The molecule has 3 aliphatic carbocycles. The van der Waals surface area contributed by atoms with Crippen molar-refractivity contribution >= 4 is 57.3 Å². The zero-order valence-electron chi connectivity index (χ0n) is 35.7. The smallest absolute Gasteiger partial charge is 0.333 e. The van der Waals surface area contributed by atoms with Gasteiger partial charge in [0.2, 0.25) is 0 Å². The number of ether oxygens (including phenoxy) is 4. The summed E-state index contributed by atoms with van der Waals surface area (Å²) in [4.78, 5) is 52.2. The summed E-state index contributed by atoms with van der Waals surface area (Å²) in [5, 5.41) is 8.07. The van der Waals surface area contributed by atoms with Gasteiger partial charge in [-0.15, -0.1) is 0 Å². The zero-order chi connectivity index (χ0) is 42.7. The number of hydrogen-bond donors (Lipinski definition) is 1. The minimum absolute atomic E-state index is 0.160. The molecule has 0 spiro atoms. The first-order valence-electron chi connectivity index (χ1n) is 22.4. The van der Waals surface area contributed by atoms with Crippen molar-refractivity contribution in [3.05, 3.63) is 90.5 Å². The summed E-state index contributed by atoms with van der Waals surface area (Å²) < 4.78 is 23.2. The van der Waals surface area contributed by atoms with Gasteiger partial charge in [0.15, 0.2) is 0 Å². The van der Waals surface area contributed by atoms with Crippen molar-refractivity contribution in [3.63, 3.8) is 0 Å². The standard InChI is InChI=1S/C51H60N2O8/c1-33(2)48(54)58-28-8-9-29-59-49(55)38-22-24-40(25-23-38)51(57)61-47-42(32-52-53-43-27-26-35-10-4-5-11-41(35)30-43)31-46(44-12-6-7-13-45(44)47)60-50(56)39-20-18-37(19-21-39)36-16-14-34(3)15-17-36/h4-7,10-13,26-27,30-32,34,36-40,53H,1,8-9,14-25,28-29H2,2-3H3/b52-32+. The molecule has 322 valence electrons.